The van der Waals surface area contributed by atoms with Crippen LogP contribution in [0, 0.1) is 6.92 Å². The second-order valence-electron chi connectivity index (χ2n) is 2.90. The van der Waals surface area contributed by atoms with E-state index in [-0.39, 0.29) is 6.61 Å². The Kier molecular flexibility index (Phi) is 3.71. The van der Waals surface area contributed by atoms with Crippen molar-refractivity contribution in [3.8, 4) is 5.88 Å². The number of nitrogens with zero attached hydrogens (tertiary/aromatic N) is 1. The molecule has 1 aromatic rings. The third-order valence-electron chi connectivity index (χ3n) is 1.79. The van der Waals surface area contributed by atoms with E-state index < -0.39 is 0 Å². The maximum atomic E-state index is 8.90. The molecular weight excluding hydrogens is 166 g/mol. The minimum Gasteiger partial charge on any atom is -0.478 e. The van der Waals surface area contributed by atoms with Gasteiger partial charge in [-0.25, -0.2) is 4.98 Å². The highest BCUT2D eigenvalue weighted by molar-refractivity contribution is 5.24. The molecule has 3 heteroatoms. The Hall–Kier alpha value is -1.09. The predicted octanol–water partition coefficient (Wildman–Crippen LogP) is 1.67. The van der Waals surface area contributed by atoms with Crippen LogP contribution in [-0.2, 0) is 6.61 Å². The fraction of sp³-hybridized carbons (Fsp3) is 0.500. The van der Waals surface area contributed by atoms with E-state index >= 15 is 0 Å². The third-order valence-corrected chi connectivity index (χ3v) is 1.79. The zero-order valence-corrected chi connectivity index (χ0v) is 8.08. The maximum Gasteiger partial charge on any atom is 0.213 e. The molecule has 0 aliphatic rings. The third kappa shape index (κ3) is 2.70. The van der Waals surface area contributed by atoms with Crippen LogP contribution in [0.2, 0.25) is 0 Å². The molecule has 0 atom stereocenters. The van der Waals surface area contributed by atoms with E-state index in [4.69, 9.17) is 9.84 Å². The average Bonchev–Trinajstić information content (AvgIpc) is 2.15. The number of pyridine rings is 1. The summed E-state index contributed by atoms with van der Waals surface area (Å²) in [5.41, 5.74) is 1.68. The van der Waals surface area contributed by atoms with Crippen LogP contribution in [0.5, 0.6) is 5.88 Å². The molecule has 1 aromatic heterocycles. The quantitative estimate of drug-likeness (QED) is 0.768. The predicted molar refractivity (Wildman–Crippen MR) is 50.7 cm³/mol. The summed E-state index contributed by atoms with van der Waals surface area (Å²) in [6.07, 6.45) is 0.975. The lowest BCUT2D eigenvalue weighted by Gasteiger charge is -2.06. The molecule has 0 saturated heterocycles. The minimum absolute atomic E-state index is 0.0346. The number of aliphatic hydroxyl groups is 1. The highest BCUT2D eigenvalue weighted by Crippen LogP contribution is 2.12. The van der Waals surface area contributed by atoms with Gasteiger partial charge >= 0.3 is 0 Å². The highest BCUT2D eigenvalue weighted by Gasteiger charge is 2.00. The molecule has 0 aromatic carbocycles. The van der Waals surface area contributed by atoms with Gasteiger partial charge in [0.15, 0.2) is 0 Å². The van der Waals surface area contributed by atoms with Crippen molar-refractivity contribution in [3.05, 3.63) is 23.4 Å². The van der Waals surface area contributed by atoms with Crippen LogP contribution in [0.25, 0.3) is 0 Å². The Morgan fingerprint density at radius 2 is 2.23 bits per heavy atom. The number of aromatic nitrogens is 1. The number of rotatable bonds is 4. The molecule has 1 heterocycles. The fourth-order valence-electron chi connectivity index (χ4n) is 1.02. The van der Waals surface area contributed by atoms with Crippen LogP contribution in [0.15, 0.2) is 12.1 Å². The van der Waals surface area contributed by atoms with Crippen molar-refractivity contribution in [1.82, 2.24) is 4.98 Å². The first-order valence-electron chi connectivity index (χ1n) is 4.48. The van der Waals surface area contributed by atoms with Crippen molar-refractivity contribution in [2.24, 2.45) is 0 Å². The molecule has 1 rings (SSSR count). The van der Waals surface area contributed by atoms with Crippen molar-refractivity contribution in [2.75, 3.05) is 6.61 Å². The Morgan fingerprint density at radius 1 is 1.46 bits per heavy atom. The zero-order valence-electron chi connectivity index (χ0n) is 8.08. The zero-order chi connectivity index (χ0) is 9.68. The fourth-order valence-corrected chi connectivity index (χ4v) is 1.02. The van der Waals surface area contributed by atoms with Crippen molar-refractivity contribution in [1.29, 1.82) is 0 Å². The lowest BCUT2D eigenvalue weighted by atomic mass is 10.2. The van der Waals surface area contributed by atoms with Crippen LogP contribution in [0.4, 0.5) is 0 Å². The van der Waals surface area contributed by atoms with Crippen LogP contribution < -0.4 is 4.74 Å². The van der Waals surface area contributed by atoms with Crippen LogP contribution in [0.3, 0.4) is 0 Å². The van der Waals surface area contributed by atoms with E-state index in [1.165, 1.54) is 0 Å². The van der Waals surface area contributed by atoms with Crippen molar-refractivity contribution in [3.63, 3.8) is 0 Å². The summed E-state index contributed by atoms with van der Waals surface area (Å²) in [6, 6.07) is 3.63. The number of aryl methyl sites for hydroxylation is 1. The number of hydrogen-bond donors (Lipinski definition) is 1. The minimum atomic E-state index is 0.0346. The van der Waals surface area contributed by atoms with Gasteiger partial charge in [-0.05, 0) is 25.0 Å². The molecule has 0 bridgehead atoms. The molecule has 0 aliphatic carbocycles. The summed E-state index contributed by atoms with van der Waals surface area (Å²) in [4.78, 5) is 4.20. The summed E-state index contributed by atoms with van der Waals surface area (Å²) in [5, 5.41) is 8.90. The number of ether oxygens (including phenoxy) is 1. The Labute approximate surface area is 78.4 Å². The average molecular weight is 181 g/mol. The molecular formula is C10H15NO2. The lowest BCUT2D eigenvalue weighted by molar-refractivity contribution is 0.278. The van der Waals surface area contributed by atoms with Gasteiger partial charge in [-0.1, -0.05) is 6.92 Å². The first-order valence-corrected chi connectivity index (χ1v) is 4.48. The Bertz CT molecular complexity index is 274. The van der Waals surface area contributed by atoms with E-state index in [0.717, 1.165) is 17.7 Å². The lowest BCUT2D eigenvalue weighted by Crippen LogP contribution is -2.00. The first-order chi connectivity index (χ1) is 6.27. The molecule has 13 heavy (non-hydrogen) atoms. The summed E-state index contributed by atoms with van der Waals surface area (Å²) in [5.74, 6) is 0.636. The molecule has 0 amide bonds. The van der Waals surface area contributed by atoms with Crippen molar-refractivity contribution < 1.29 is 9.84 Å². The van der Waals surface area contributed by atoms with Gasteiger partial charge in [-0.15, -0.1) is 0 Å². The molecule has 1 N–H and O–H groups in total. The summed E-state index contributed by atoms with van der Waals surface area (Å²) in [6.45, 7) is 4.64. The van der Waals surface area contributed by atoms with Crippen molar-refractivity contribution in [2.45, 2.75) is 26.9 Å². The van der Waals surface area contributed by atoms with Gasteiger partial charge in [0.2, 0.25) is 5.88 Å². The molecule has 0 radical (unpaired) electrons. The van der Waals surface area contributed by atoms with Gasteiger partial charge in [0, 0.05) is 11.8 Å². The molecule has 0 fully saturated rings. The second kappa shape index (κ2) is 4.82. The highest BCUT2D eigenvalue weighted by atomic mass is 16.5. The largest absolute Gasteiger partial charge is 0.478 e. The number of hydrogen-bond acceptors (Lipinski definition) is 3. The van der Waals surface area contributed by atoms with Crippen molar-refractivity contribution >= 4 is 0 Å². The van der Waals surface area contributed by atoms with Gasteiger partial charge < -0.3 is 9.84 Å². The standard InChI is InChI=1S/C10H15NO2/c1-3-6-13-10-5-4-9(7-12)8(2)11-10/h4-5,12H,3,6-7H2,1-2H3. The summed E-state index contributed by atoms with van der Waals surface area (Å²) < 4.78 is 5.34. The Morgan fingerprint density at radius 3 is 2.77 bits per heavy atom. The van der Waals surface area contributed by atoms with E-state index in [0.29, 0.717) is 12.5 Å². The first kappa shape index (κ1) is 9.99. The molecule has 0 spiro atoms. The summed E-state index contributed by atoms with van der Waals surface area (Å²) >= 11 is 0. The smallest absolute Gasteiger partial charge is 0.213 e. The molecule has 72 valence electrons. The van der Waals surface area contributed by atoms with Gasteiger partial charge in [0.1, 0.15) is 0 Å². The van der Waals surface area contributed by atoms with Crippen LogP contribution in [-0.4, -0.2) is 16.7 Å². The normalized spacial score (nSPS) is 10.1. The number of aliphatic hydroxyl groups excluding tert-OH is 1. The summed E-state index contributed by atoms with van der Waals surface area (Å²) in [7, 11) is 0. The molecule has 0 aliphatic heterocycles. The second-order valence-corrected chi connectivity index (χ2v) is 2.90. The van der Waals surface area contributed by atoms with E-state index in [1.807, 2.05) is 13.0 Å². The van der Waals surface area contributed by atoms with Gasteiger partial charge in [-0.2, -0.15) is 0 Å². The molecule has 0 unspecified atom stereocenters. The molecule has 0 saturated carbocycles. The van der Waals surface area contributed by atoms with Crippen LogP contribution >= 0.6 is 0 Å². The van der Waals surface area contributed by atoms with E-state index in [2.05, 4.69) is 11.9 Å². The van der Waals surface area contributed by atoms with Gasteiger partial charge in [0.05, 0.1) is 13.2 Å². The monoisotopic (exact) mass is 181 g/mol. The maximum absolute atomic E-state index is 8.90. The van der Waals surface area contributed by atoms with Gasteiger partial charge in [-0.3, -0.25) is 0 Å². The SMILES string of the molecule is CCCOc1ccc(CO)c(C)n1. The van der Waals surface area contributed by atoms with Crippen LogP contribution in [0.1, 0.15) is 24.6 Å². The van der Waals surface area contributed by atoms with E-state index in [9.17, 15) is 0 Å². The van der Waals surface area contributed by atoms with E-state index in [1.54, 1.807) is 6.07 Å². The molecule has 3 nitrogen and oxygen atoms in total. The Balaban J connectivity index is 2.71. The van der Waals surface area contributed by atoms with Gasteiger partial charge in [0.25, 0.3) is 0 Å². The topological polar surface area (TPSA) is 42.4 Å².